The van der Waals surface area contributed by atoms with Crippen molar-refractivity contribution in [3.63, 3.8) is 0 Å². The molecule has 2 aromatic carbocycles. The molecule has 0 radical (unpaired) electrons. The third-order valence-electron chi connectivity index (χ3n) is 6.45. The van der Waals surface area contributed by atoms with E-state index in [0.29, 0.717) is 34.3 Å². The normalized spacial score (nSPS) is 13.8. The molecular weight excluding hydrogens is 520 g/mol. The molecule has 39 heavy (non-hydrogen) atoms. The van der Waals surface area contributed by atoms with Gasteiger partial charge in [0.1, 0.15) is 11.7 Å². The van der Waals surface area contributed by atoms with Gasteiger partial charge in [0.25, 0.3) is 5.56 Å². The minimum Gasteiger partial charge on any atom is -0.395 e. The standard InChI is InChI=1S/C27H27ClN8O3/c1-2-24(38)31-18-4-3-5-20(14-18)36-17-30-26(39)21-16-29-27(33-25(21)36)32-23-7-6-19(15-22(23)28)35-10-8-34(9-11-35)12-13-37/h2-7,14-17,37H,1,8-13H2,(H,31,38)(H,29,32,33). The molecule has 3 heterocycles. The van der Waals surface area contributed by atoms with E-state index in [1.54, 1.807) is 22.8 Å². The first-order valence-electron chi connectivity index (χ1n) is 12.4. The maximum atomic E-state index is 12.4. The summed E-state index contributed by atoms with van der Waals surface area (Å²) in [5.41, 5.74) is 2.71. The van der Waals surface area contributed by atoms with Crippen molar-refractivity contribution in [2.24, 2.45) is 0 Å². The van der Waals surface area contributed by atoms with Crippen LogP contribution in [-0.4, -0.2) is 74.8 Å². The lowest BCUT2D eigenvalue weighted by atomic mass is 10.2. The van der Waals surface area contributed by atoms with Crippen molar-refractivity contribution >= 4 is 51.6 Å². The number of amides is 1. The van der Waals surface area contributed by atoms with E-state index in [9.17, 15) is 9.59 Å². The van der Waals surface area contributed by atoms with E-state index >= 15 is 0 Å². The lowest BCUT2D eigenvalue weighted by molar-refractivity contribution is -0.111. The molecule has 1 aliphatic rings. The summed E-state index contributed by atoms with van der Waals surface area (Å²) in [6, 6.07) is 12.8. The quantitative estimate of drug-likeness (QED) is 0.286. The highest BCUT2D eigenvalue weighted by Crippen LogP contribution is 2.30. The van der Waals surface area contributed by atoms with E-state index in [0.717, 1.165) is 31.9 Å². The van der Waals surface area contributed by atoms with Gasteiger partial charge in [-0.1, -0.05) is 24.2 Å². The molecule has 1 fully saturated rings. The van der Waals surface area contributed by atoms with Crippen LogP contribution in [0.15, 0.2) is 72.4 Å². The molecule has 12 heteroatoms. The summed E-state index contributed by atoms with van der Waals surface area (Å²) in [7, 11) is 0. The monoisotopic (exact) mass is 546 g/mol. The van der Waals surface area contributed by atoms with E-state index in [1.807, 2.05) is 24.3 Å². The molecule has 200 valence electrons. The molecule has 0 spiro atoms. The number of aromatic nitrogens is 4. The number of carbonyl (C=O) groups excluding carboxylic acids is 1. The molecule has 1 aliphatic heterocycles. The van der Waals surface area contributed by atoms with Gasteiger partial charge in [0.05, 0.1) is 23.0 Å². The van der Waals surface area contributed by atoms with Crippen LogP contribution in [0.1, 0.15) is 0 Å². The third-order valence-corrected chi connectivity index (χ3v) is 6.76. The predicted octanol–water partition coefficient (Wildman–Crippen LogP) is 2.81. The summed E-state index contributed by atoms with van der Waals surface area (Å²) >= 11 is 6.62. The van der Waals surface area contributed by atoms with Gasteiger partial charge >= 0.3 is 0 Å². The first-order valence-corrected chi connectivity index (χ1v) is 12.8. The smallest absolute Gasteiger partial charge is 0.283 e. The second-order valence-corrected chi connectivity index (χ2v) is 9.34. The fourth-order valence-corrected chi connectivity index (χ4v) is 4.63. The summed E-state index contributed by atoms with van der Waals surface area (Å²) in [6.45, 7) is 7.77. The van der Waals surface area contributed by atoms with Gasteiger partial charge in [0.15, 0.2) is 5.65 Å². The number of carbonyl (C=O) groups is 1. The van der Waals surface area contributed by atoms with E-state index in [-0.39, 0.29) is 23.8 Å². The summed E-state index contributed by atoms with van der Waals surface area (Å²) in [5, 5.41) is 15.8. The van der Waals surface area contributed by atoms with Gasteiger partial charge in [-0.3, -0.25) is 19.1 Å². The number of benzene rings is 2. The Labute approximate surface area is 229 Å². The predicted molar refractivity (Wildman–Crippen MR) is 152 cm³/mol. The van der Waals surface area contributed by atoms with Gasteiger partial charge in [-0.05, 0) is 42.5 Å². The largest absolute Gasteiger partial charge is 0.395 e. The molecule has 0 bridgehead atoms. The number of rotatable bonds is 8. The highest BCUT2D eigenvalue weighted by Gasteiger charge is 2.18. The van der Waals surface area contributed by atoms with Crippen LogP contribution >= 0.6 is 11.6 Å². The van der Waals surface area contributed by atoms with Crippen LogP contribution in [0.2, 0.25) is 5.02 Å². The van der Waals surface area contributed by atoms with E-state index in [2.05, 4.69) is 42.0 Å². The maximum Gasteiger partial charge on any atom is 0.283 e. The number of anilines is 4. The molecule has 4 aromatic rings. The second-order valence-electron chi connectivity index (χ2n) is 8.94. The van der Waals surface area contributed by atoms with Crippen LogP contribution in [0.3, 0.4) is 0 Å². The highest BCUT2D eigenvalue weighted by molar-refractivity contribution is 6.33. The number of hydrogen-bond donors (Lipinski definition) is 3. The number of hydrogen-bond acceptors (Lipinski definition) is 9. The fraction of sp³-hybridized carbons (Fsp3) is 0.222. The molecule has 0 unspecified atom stereocenters. The van der Waals surface area contributed by atoms with Crippen LogP contribution in [-0.2, 0) is 4.79 Å². The number of piperazine rings is 1. The number of aliphatic hydroxyl groups is 1. The number of aliphatic hydroxyl groups excluding tert-OH is 1. The summed E-state index contributed by atoms with van der Waals surface area (Å²) in [5.74, 6) is -0.0825. The summed E-state index contributed by atoms with van der Waals surface area (Å²) in [6.07, 6.45) is 4.00. The first-order chi connectivity index (χ1) is 18.9. The Morgan fingerprint density at radius 2 is 1.92 bits per heavy atom. The Morgan fingerprint density at radius 3 is 2.67 bits per heavy atom. The lowest BCUT2D eigenvalue weighted by Crippen LogP contribution is -2.47. The number of β-amino-alcohol motifs (C(OH)–C–C–N with tert-alkyl or cyclic N) is 1. The van der Waals surface area contributed by atoms with Crippen molar-refractivity contribution in [3.05, 3.63) is 83.0 Å². The summed E-state index contributed by atoms with van der Waals surface area (Å²) in [4.78, 5) is 41.5. The van der Waals surface area contributed by atoms with Crippen LogP contribution in [0.4, 0.5) is 23.0 Å². The highest BCUT2D eigenvalue weighted by atomic mass is 35.5. The topological polar surface area (TPSA) is 129 Å². The minimum absolute atomic E-state index is 0.163. The van der Waals surface area contributed by atoms with Crippen molar-refractivity contribution in [2.45, 2.75) is 0 Å². The van der Waals surface area contributed by atoms with Gasteiger partial charge in [0, 0.05) is 50.3 Å². The molecule has 11 nitrogen and oxygen atoms in total. The Balaban J connectivity index is 1.41. The third kappa shape index (κ3) is 5.90. The Morgan fingerprint density at radius 1 is 1.10 bits per heavy atom. The Bertz CT molecular complexity index is 1580. The molecule has 1 amide bonds. The minimum atomic E-state index is -0.453. The summed E-state index contributed by atoms with van der Waals surface area (Å²) < 4.78 is 1.65. The molecule has 2 aromatic heterocycles. The maximum absolute atomic E-state index is 12.4. The van der Waals surface area contributed by atoms with Crippen molar-refractivity contribution in [3.8, 4) is 5.69 Å². The van der Waals surface area contributed by atoms with E-state index in [4.69, 9.17) is 16.7 Å². The molecule has 1 saturated heterocycles. The SMILES string of the molecule is C=CC(=O)Nc1cccc(-n2cnc(=O)c3cnc(Nc4ccc(N5CCN(CCO)CC5)cc4Cl)nc32)c1. The lowest BCUT2D eigenvalue weighted by Gasteiger charge is -2.36. The van der Waals surface area contributed by atoms with Gasteiger partial charge in [-0.25, -0.2) is 4.98 Å². The fourth-order valence-electron chi connectivity index (χ4n) is 4.41. The van der Waals surface area contributed by atoms with Gasteiger partial charge in [-0.2, -0.15) is 9.97 Å². The van der Waals surface area contributed by atoms with Crippen LogP contribution in [0, 0.1) is 0 Å². The molecule has 0 saturated carbocycles. The molecule has 0 atom stereocenters. The zero-order chi connectivity index (χ0) is 27.4. The number of nitrogens with one attached hydrogen (secondary N) is 2. The zero-order valence-corrected chi connectivity index (χ0v) is 21.8. The first kappa shape index (κ1) is 26.3. The number of fused-ring (bicyclic) bond motifs is 1. The van der Waals surface area contributed by atoms with Gasteiger partial charge in [0.2, 0.25) is 11.9 Å². The van der Waals surface area contributed by atoms with E-state index < -0.39 is 5.56 Å². The van der Waals surface area contributed by atoms with Crippen molar-refractivity contribution in [1.82, 2.24) is 24.4 Å². The van der Waals surface area contributed by atoms with Gasteiger partial charge < -0.3 is 20.6 Å². The average Bonchev–Trinajstić information content (AvgIpc) is 2.95. The molecule has 0 aliphatic carbocycles. The van der Waals surface area contributed by atoms with Crippen LogP contribution in [0.25, 0.3) is 16.7 Å². The number of nitrogens with zero attached hydrogens (tertiary/aromatic N) is 6. The Hall–Kier alpha value is -4.32. The van der Waals surface area contributed by atoms with Crippen molar-refractivity contribution < 1.29 is 9.90 Å². The average molecular weight is 547 g/mol. The van der Waals surface area contributed by atoms with Crippen molar-refractivity contribution in [2.75, 3.05) is 54.9 Å². The molecule has 5 rings (SSSR count). The van der Waals surface area contributed by atoms with Crippen LogP contribution < -0.4 is 21.1 Å². The molecular formula is C27H27ClN8O3. The molecule has 3 N–H and O–H groups in total. The van der Waals surface area contributed by atoms with Gasteiger partial charge in [-0.15, -0.1) is 0 Å². The van der Waals surface area contributed by atoms with Crippen molar-refractivity contribution in [1.29, 1.82) is 0 Å². The zero-order valence-electron chi connectivity index (χ0n) is 21.0. The van der Waals surface area contributed by atoms with E-state index in [1.165, 1.54) is 18.6 Å². The second kappa shape index (κ2) is 11.6. The Kier molecular flexibility index (Phi) is 7.82. The van der Waals surface area contributed by atoms with Crippen LogP contribution in [0.5, 0.6) is 0 Å². The number of halogens is 1.